The first-order valence-corrected chi connectivity index (χ1v) is 10.6. The number of nitrogens with zero attached hydrogens (tertiary/aromatic N) is 1. The molecule has 0 spiro atoms. The van der Waals surface area contributed by atoms with Crippen molar-refractivity contribution in [1.82, 2.24) is 4.90 Å². The average Bonchev–Trinajstić information content (AvgIpc) is 2.80. The number of piperidine rings is 1. The van der Waals surface area contributed by atoms with Gasteiger partial charge in [0.15, 0.2) is 0 Å². The zero-order valence-electron chi connectivity index (χ0n) is 17.0. The summed E-state index contributed by atoms with van der Waals surface area (Å²) in [7, 11) is 0. The fourth-order valence-electron chi connectivity index (χ4n) is 4.25. The molecular weight excluding hydrogens is 383 g/mol. The smallest absolute Gasteiger partial charge is 0.229 e. The molecule has 2 saturated heterocycles. The molecule has 0 saturated carbocycles. The van der Waals surface area contributed by atoms with Crippen molar-refractivity contribution >= 4 is 17.5 Å². The maximum Gasteiger partial charge on any atom is 0.229 e. The summed E-state index contributed by atoms with van der Waals surface area (Å²) < 4.78 is 18.8. The maximum atomic E-state index is 13.4. The van der Waals surface area contributed by atoms with E-state index in [1.165, 1.54) is 12.1 Å². The van der Waals surface area contributed by atoms with Crippen LogP contribution >= 0.6 is 0 Å². The standard InChI is InChI=1S/C24H27FN2O3/c25-21-5-1-3-19(15-21)17-6-8-22(9-7-17)26-23(28)20-4-2-12-27(16-20)24(29)18-10-13-30-14-11-18/h1,3,5-9,15,18,20H,2,4,10-14,16H2,(H,26,28)/t20-/m1/s1. The van der Waals surface area contributed by atoms with E-state index in [1.54, 1.807) is 6.07 Å². The van der Waals surface area contributed by atoms with Crippen LogP contribution in [0.2, 0.25) is 0 Å². The van der Waals surface area contributed by atoms with Crippen molar-refractivity contribution in [3.63, 3.8) is 0 Å². The quantitative estimate of drug-likeness (QED) is 0.826. The zero-order chi connectivity index (χ0) is 20.9. The number of carbonyl (C=O) groups excluding carboxylic acids is 2. The van der Waals surface area contributed by atoms with Crippen molar-refractivity contribution in [1.29, 1.82) is 0 Å². The van der Waals surface area contributed by atoms with Crippen LogP contribution in [0.25, 0.3) is 11.1 Å². The third-order valence-corrected chi connectivity index (χ3v) is 5.98. The van der Waals surface area contributed by atoms with Crippen LogP contribution in [-0.4, -0.2) is 43.0 Å². The van der Waals surface area contributed by atoms with E-state index in [1.807, 2.05) is 35.2 Å². The first-order valence-electron chi connectivity index (χ1n) is 10.6. The van der Waals surface area contributed by atoms with E-state index in [4.69, 9.17) is 4.74 Å². The third-order valence-electron chi connectivity index (χ3n) is 5.98. The lowest BCUT2D eigenvalue weighted by Gasteiger charge is -2.35. The van der Waals surface area contributed by atoms with Crippen LogP contribution in [-0.2, 0) is 14.3 Å². The van der Waals surface area contributed by atoms with Crippen LogP contribution < -0.4 is 5.32 Å². The van der Waals surface area contributed by atoms with Crippen LogP contribution in [0.3, 0.4) is 0 Å². The molecule has 2 fully saturated rings. The van der Waals surface area contributed by atoms with E-state index >= 15 is 0 Å². The molecule has 2 aromatic rings. The maximum absolute atomic E-state index is 13.4. The Morgan fingerprint density at radius 1 is 0.967 bits per heavy atom. The third kappa shape index (κ3) is 4.87. The number of likely N-dealkylation sites (tertiary alicyclic amines) is 1. The van der Waals surface area contributed by atoms with Crippen LogP contribution in [0.1, 0.15) is 25.7 Å². The Morgan fingerprint density at radius 3 is 2.47 bits per heavy atom. The number of hydrogen-bond donors (Lipinski definition) is 1. The molecule has 0 bridgehead atoms. The highest BCUT2D eigenvalue weighted by atomic mass is 19.1. The van der Waals surface area contributed by atoms with Gasteiger partial charge >= 0.3 is 0 Å². The lowest BCUT2D eigenvalue weighted by Crippen LogP contribution is -2.46. The normalized spacial score (nSPS) is 20.0. The second-order valence-corrected chi connectivity index (χ2v) is 8.09. The molecule has 0 aromatic heterocycles. The number of rotatable bonds is 4. The summed E-state index contributed by atoms with van der Waals surface area (Å²) >= 11 is 0. The first kappa shape index (κ1) is 20.5. The highest BCUT2D eigenvalue weighted by molar-refractivity contribution is 5.93. The molecule has 4 rings (SSSR count). The number of halogens is 1. The van der Waals surface area contributed by atoms with E-state index in [0.717, 1.165) is 43.4 Å². The van der Waals surface area contributed by atoms with Gasteiger partial charge in [0.25, 0.3) is 0 Å². The van der Waals surface area contributed by atoms with Gasteiger partial charge in [-0.05, 0) is 61.1 Å². The Morgan fingerprint density at radius 2 is 1.73 bits per heavy atom. The molecule has 2 aromatic carbocycles. The van der Waals surface area contributed by atoms with Gasteiger partial charge in [-0.15, -0.1) is 0 Å². The molecular formula is C24H27FN2O3. The molecule has 5 nitrogen and oxygen atoms in total. The molecule has 1 N–H and O–H groups in total. The monoisotopic (exact) mass is 410 g/mol. The molecule has 2 heterocycles. The molecule has 1 atom stereocenters. The van der Waals surface area contributed by atoms with Crippen molar-refractivity contribution in [2.75, 3.05) is 31.6 Å². The molecule has 158 valence electrons. The second kappa shape index (κ2) is 9.39. The Labute approximate surface area is 176 Å². The number of benzene rings is 2. The van der Waals surface area contributed by atoms with Crippen molar-refractivity contribution in [3.05, 3.63) is 54.3 Å². The molecule has 6 heteroatoms. The van der Waals surface area contributed by atoms with Crippen molar-refractivity contribution in [2.45, 2.75) is 25.7 Å². The molecule has 2 aliphatic rings. The van der Waals surface area contributed by atoms with Gasteiger partial charge in [0.05, 0.1) is 5.92 Å². The summed E-state index contributed by atoms with van der Waals surface area (Å²) in [6, 6.07) is 13.8. The van der Waals surface area contributed by atoms with E-state index in [2.05, 4.69) is 5.32 Å². The second-order valence-electron chi connectivity index (χ2n) is 8.09. The lowest BCUT2D eigenvalue weighted by atomic mass is 9.93. The van der Waals surface area contributed by atoms with Crippen LogP contribution in [0.4, 0.5) is 10.1 Å². The number of carbonyl (C=O) groups is 2. The number of amides is 2. The summed E-state index contributed by atoms with van der Waals surface area (Å²) in [4.78, 5) is 27.4. The Kier molecular flexibility index (Phi) is 6.43. The highest BCUT2D eigenvalue weighted by Gasteiger charge is 2.32. The predicted molar refractivity (Wildman–Crippen MR) is 113 cm³/mol. The predicted octanol–water partition coefficient (Wildman–Crippen LogP) is 4.10. The first-order chi connectivity index (χ1) is 14.6. The lowest BCUT2D eigenvalue weighted by molar-refractivity contribution is -0.141. The van der Waals surface area contributed by atoms with Gasteiger partial charge in [-0.3, -0.25) is 9.59 Å². The van der Waals surface area contributed by atoms with Gasteiger partial charge in [0, 0.05) is 37.9 Å². The minimum atomic E-state index is -0.276. The van der Waals surface area contributed by atoms with Gasteiger partial charge in [-0.2, -0.15) is 0 Å². The Hall–Kier alpha value is -2.73. The van der Waals surface area contributed by atoms with Gasteiger partial charge in [-0.1, -0.05) is 24.3 Å². The molecule has 0 unspecified atom stereocenters. The van der Waals surface area contributed by atoms with Gasteiger partial charge in [0.1, 0.15) is 5.82 Å². The van der Waals surface area contributed by atoms with Crippen LogP contribution in [0, 0.1) is 17.7 Å². The van der Waals surface area contributed by atoms with Crippen molar-refractivity contribution in [3.8, 4) is 11.1 Å². The SMILES string of the molecule is O=C(Nc1ccc(-c2cccc(F)c2)cc1)[C@@H]1CCCN(C(=O)C2CCOCC2)C1. The number of anilines is 1. The number of nitrogens with one attached hydrogen (secondary N) is 1. The summed E-state index contributed by atoms with van der Waals surface area (Å²) in [6.45, 7) is 2.48. The topological polar surface area (TPSA) is 58.6 Å². The van der Waals surface area contributed by atoms with Crippen LogP contribution in [0.5, 0.6) is 0 Å². The highest BCUT2D eigenvalue weighted by Crippen LogP contribution is 2.25. The van der Waals surface area contributed by atoms with E-state index < -0.39 is 0 Å². The summed E-state index contributed by atoms with van der Waals surface area (Å²) in [6.07, 6.45) is 3.16. The molecule has 0 radical (unpaired) electrons. The number of hydrogen-bond acceptors (Lipinski definition) is 3. The summed E-state index contributed by atoms with van der Waals surface area (Å²) in [5.74, 6) is -0.350. The Balaban J connectivity index is 1.35. The van der Waals surface area contributed by atoms with Gasteiger partial charge < -0.3 is 15.0 Å². The minimum absolute atomic E-state index is 0.0240. The zero-order valence-corrected chi connectivity index (χ0v) is 17.0. The van der Waals surface area contributed by atoms with Crippen molar-refractivity contribution in [2.24, 2.45) is 11.8 Å². The fourth-order valence-corrected chi connectivity index (χ4v) is 4.25. The van der Waals surface area contributed by atoms with Crippen molar-refractivity contribution < 1.29 is 18.7 Å². The minimum Gasteiger partial charge on any atom is -0.381 e. The van der Waals surface area contributed by atoms with E-state index in [9.17, 15) is 14.0 Å². The summed E-state index contributed by atoms with van der Waals surface area (Å²) in [5.41, 5.74) is 2.38. The fraction of sp³-hybridized carbons (Fsp3) is 0.417. The number of ether oxygens (including phenoxy) is 1. The molecule has 2 amide bonds. The van der Waals surface area contributed by atoms with Crippen LogP contribution in [0.15, 0.2) is 48.5 Å². The van der Waals surface area contributed by atoms with Gasteiger partial charge in [-0.25, -0.2) is 4.39 Å². The molecule has 0 aliphatic carbocycles. The van der Waals surface area contributed by atoms with E-state index in [0.29, 0.717) is 25.4 Å². The van der Waals surface area contributed by atoms with Gasteiger partial charge in [0.2, 0.25) is 11.8 Å². The van der Waals surface area contributed by atoms with E-state index in [-0.39, 0.29) is 29.5 Å². The average molecular weight is 410 g/mol. The summed E-state index contributed by atoms with van der Waals surface area (Å²) in [5, 5.41) is 2.97. The molecule has 2 aliphatic heterocycles. The largest absolute Gasteiger partial charge is 0.381 e. The molecule has 30 heavy (non-hydrogen) atoms. The Bertz CT molecular complexity index is 894.